The van der Waals surface area contributed by atoms with Gasteiger partial charge in [0.25, 0.3) is 0 Å². The van der Waals surface area contributed by atoms with Crippen LogP contribution >= 0.6 is 0 Å². The molecule has 1 aliphatic rings. The standard InChI is InChI=1S/C10H21NO2Si/c1-11(14(2,3)4)9-6-5-8(7-9)10(12)13/h8-9H,5-7H2,1-4H3,(H,12,13). The number of hydrogen-bond acceptors (Lipinski definition) is 2. The van der Waals surface area contributed by atoms with Crippen LogP contribution < -0.4 is 0 Å². The Kier molecular flexibility index (Phi) is 3.37. The molecule has 2 unspecified atom stereocenters. The van der Waals surface area contributed by atoms with Gasteiger partial charge in [0.15, 0.2) is 0 Å². The van der Waals surface area contributed by atoms with Gasteiger partial charge in [-0.05, 0) is 26.3 Å². The molecule has 1 rings (SSSR count). The Morgan fingerprint density at radius 1 is 1.36 bits per heavy atom. The van der Waals surface area contributed by atoms with Gasteiger partial charge in [0.05, 0.1) is 5.92 Å². The second kappa shape index (κ2) is 4.02. The number of carbonyl (C=O) groups is 1. The van der Waals surface area contributed by atoms with Gasteiger partial charge < -0.3 is 9.67 Å². The Bertz CT molecular complexity index is 225. The Morgan fingerprint density at radius 3 is 2.29 bits per heavy atom. The molecular weight excluding hydrogens is 194 g/mol. The molecule has 1 fully saturated rings. The van der Waals surface area contributed by atoms with E-state index < -0.39 is 14.2 Å². The van der Waals surface area contributed by atoms with Crippen LogP contribution in [0.5, 0.6) is 0 Å². The molecule has 4 heteroatoms. The molecule has 3 nitrogen and oxygen atoms in total. The summed E-state index contributed by atoms with van der Waals surface area (Å²) < 4.78 is 2.44. The van der Waals surface area contributed by atoms with Crippen LogP contribution in [0.2, 0.25) is 19.6 Å². The highest BCUT2D eigenvalue weighted by molar-refractivity contribution is 6.73. The van der Waals surface area contributed by atoms with Crippen molar-refractivity contribution in [3.8, 4) is 0 Å². The van der Waals surface area contributed by atoms with E-state index in [1.165, 1.54) is 0 Å². The predicted molar refractivity (Wildman–Crippen MR) is 59.9 cm³/mol. The molecule has 0 heterocycles. The lowest BCUT2D eigenvalue weighted by molar-refractivity contribution is -0.141. The second-order valence-electron chi connectivity index (χ2n) is 5.28. The SMILES string of the molecule is CN(C1CCC(C(=O)O)C1)[Si](C)(C)C. The quantitative estimate of drug-likeness (QED) is 0.732. The van der Waals surface area contributed by atoms with Gasteiger partial charge in [0.2, 0.25) is 0 Å². The van der Waals surface area contributed by atoms with Crippen LogP contribution in [0.1, 0.15) is 19.3 Å². The summed E-state index contributed by atoms with van der Waals surface area (Å²) in [4.78, 5) is 10.8. The average Bonchev–Trinajstić information content (AvgIpc) is 2.48. The molecule has 1 N–H and O–H groups in total. The third-order valence-electron chi connectivity index (χ3n) is 3.36. The number of hydrogen-bond donors (Lipinski definition) is 1. The van der Waals surface area contributed by atoms with Crippen molar-refractivity contribution in [3.63, 3.8) is 0 Å². The van der Waals surface area contributed by atoms with E-state index in [1.54, 1.807) is 0 Å². The zero-order valence-electron chi connectivity index (χ0n) is 9.58. The summed E-state index contributed by atoms with van der Waals surface area (Å²) in [6.07, 6.45) is 2.75. The molecule has 82 valence electrons. The smallest absolute Gasteiger partial charge is 0.306 e. The molecular formula is C10H21NO2Si. The van der Waals surface area contributed by atoms with Gasteiger partial charge in [0.1, 0.15) is 8.24 Å². The van der Waals surface area contributed by atoms with Crippen LogP contribution in [0.15, 0.2) is 0 Å². The molecule has 0 radical (unpaired) electrons. The Hall–Kier alpha value is -0.353. The van der Waals surface area contributed by atoms with E-state index in [2.05, 4.69) is 31.3 Å². The number of carboxylic acid groups (broad SMARTS) is 1. The molecule has 1 aliphatic carbocycles. The van der Waals surface area contributed by atoms with Crippen LogP contribution in [0.25, 0.3) is 0 Å². The maximum Gasteiger partial charge on any atom is 0.306 e. The van der Waals surface area contributed by atoms with Gasteiger partial charge in [0, 0.05) is 6.04 Å². The maximum absolute atomic E-state index is 10.8. The molecule has 0 spiro atoms. The van der Waals surface area contributed by atoms with E-state index in [0.29, 0.717) is 6.04 Å². The van der Waals surface area contributed by atoms with Gasteiger partial charge in [-0.2, -0.15) is 0 Å². The summed E-state index contributed by atoms with van der Waals surface area (Å²) >= 11 is 0. The first-order valence-corrected chi connectivity index (χ1v) is 8.73. The minimum absolute atomic E-state index is 0.0983. The topological polar surface area (TPSA) is 40.5 Å². The molecule has 0 aromatic carbocycles. The van der Waals surface area contributed by atoms with Crippen LogP contribution in [0.4, 0.5) is 0 Å². The lowest BCUT2D eigenvalue weighted by atomic mass is 10.1. The molecule has 1 saturated carbocycles. The fourth-order valence-electron chi connectivity index (χ4n) is 2.08. The van der Waals surface area contributed by atoms with Crippen molar-refractivity contribution in [2.75, 3.05) is 7.05 Å². The third kappa shape index (κ3) is 2.57. The van der Waals surface area contributed by atoms with Crippen molar-refractivity contribution in [3.05, 3.63) is 0 Å². The van der Waals surface area contributed by atoms with Crippen molar-refractivity contribution in [1.82, 2.24) is 4.57 Å². The van der Waals surface area contributed by atoms with E-state index in [0.717, 1.165) is 19.3 Å². The Morgan fingerprint density at radius 2 is 1.93 bits per heavy atom. The fraction of sp³-hybridized carbons (Fsp3) is 0.900. The largest absolute Gasteiger partial charge is 0.481 e. The minimum Gasteiger partial charge on any atom is -0.481 e. The first-order valence-electron chi connectivity index (χ1n) is 5.28. The van der Waals surface area contributed by atoms with E-state index in [4.69, 9.17) is 5.11 Å². The molecule has 0 aromatic rings. The summed E-state index contributed by atoms with van der Waals surface area (Å²) in [5, 5.41) is 8.91. The first kappa shape index (κ1) is 11.7. The van der Waals surface area contributed by atoms with Crippen LogP contribution in [0.3, 0.4) is 0 Å². The van der Waals surface area contributed by atoms with E-state index in [-0.39, 0.29) is 5.92 Å². The lowest BCUT2D eigenvalue weighted by Crippen LogP contribution is -2.48. The normalized spacial score (nSPS) is 28.4. The van der Waals surface area contributed by atoms with Crippen molar-refractivity contribution in [2.24, 2.45) is 5.92 Å². The number of carboxylic acids is 1. The summed E-state index contributed by atoms with van der Waals surface area (Å²) in [7, 11) is 0.904. The van der Waals surface area contributed by atoms with Crippen molar-refractivity contribution in [1.29, 1.82) is 0 Å². The number of nitrogens with zero attached hydrogens (tertiary/aromatic N) is 1. The van der Waals surface area contributed by atoms with Crippen molar-refractivity contribution >= 4 is 14.2 Å². The van der Waals surface area contributed by atoms with Crippen molar-refractivity contribution < 1.29 is 9.90 Å². The summed E-state index contributed by atoms with van der Waals surface area (Å²) in [5.74, 6) is -0.713. The monoisotopic (exact) mass is 215 g/mol. The zero-order valence-corrected chi connectivity index (χ0v) is 10.6. The van der Waals surface area contributed by atoms with E-state index >= 15 is 0 Å². The van der Waals surface area contributed by atoms with Crippen LogP contribution in [0, 0.1) is 5.92 Å². The lowest BCUT2D eigenvalue weighted by Gasteiger charge is -2.35. The molecule has 0 bridgehead atoms. The average molecular weight is 215 g/mol. The molecule has 0 aromatic heterocycles. The summed E-state index contributed by atoms with van der Waals surface area (Å²) in [6.45, 7) is 6.92. The maximum atomic E-state index is 10.8. The summed E-state index contributed by atoms with van der Waals surface area (Å²) in [6, 6.07) is 0.503. The first-order chi connectivity index (χ1) is 6.32. The number of rotatable bonds is 3. The van der Waals surface area contributed by atoms with Crippen LogP contribution in [-0.2, 0) is 4.79 Å². The zero-order chi connectivity index (χ0) is 10.9. The predicted octanol–water partition coefficient (Wildman–Crippen LogP) is 2.01. The fourth-order valence-corrected chi connectivity index (χ4v) is 3.41. The van der Waals surface area contributed by atoms with Gasteiger partial charge >= 0.3 is 5.97 Å². The molecule has 2 atom stereocenters. The highest BCUT2D eigenvalue weighted by atomic mass is 28.3. The van der Waals surface area contributed by atoms with E-state index in [1.807, 2.05) is 0 Å². The Labute approximate surface area is 87.2 Å². The second-order valence-corrected chi connectivity index (χ2v) is 10.3. The van der Waals surface area contributed by atoms with Crippen molar-refractivity contribution in [2.45, 2.75) is 44.9 Å². The van der Waals surface area contributed by atoms with Gasteiger partial charge in [-0.3, -0.25) is 4.79 Å². The molecule has 14 heavy (non-hydrogen) atoms. The highest BCUT2D eigenvalue weighted by Crippen LogP contribution is 2.31. The van der Waals surface area contributed by atoms with E-state index in [9.17, 15) is 4.79 Å². The minimum atomic E-state index is -1.25. The summed E-state index contributed by atoms with van der Waals surface area (Å²) in [5.41, 5.74) is 0. The molecule has 0 amide bonds. The highest BCUT2D eigenvalue weighted by Gasteiger charge is 2.35. The third-order valence-corrected chi connectivity index (χ3v) is 5.84. The van der Waals surface area contributed by atoms with Gasteiger partial charge in [-0.1, -0.05) is 19.6 Å². The Balaban J connectivity index is 2.54. The molecule has 0 saturated heterocycles. The molecule has 0 aliphatic heterocycles. The van der Waals surface area contributed by atoms with Gasteiger partial charge in [-0.25, -0.2) is 0 Å². The number of aliphatic carboxylic acids is 1. The van der Waals surface area contributed by atoms with Gasteiger partial charge in [-0.15, -0.1) is 0 Å². The van der Waals surface area contributed by atoms with Crippen LogP contribution in [-0.4, -0.2) is 37.0 Å².